The molecule has 1 N–H and O–H groups in total. The van der Waals surface area contributed by atoms with Crippen LogP contribution in [0.25, 0.3) is 0 Å². The first kappa shape index (κ1) is 6.31. The minimum Gasteiger partial charge on any atom is -0.258 e. The zero-order valence-electron chi connectivity index (χ0n) is 4.74. The number of nitro groups is 1. The topological polar surface area (TPSA) is 91.7 Å². The summed E-state index contributed by atoms with van der Waals surface area (Å²) >= 11 is 0. The van der Waals surface area contributed by atoms with Crippen molar-refractivity contribution in [1.29, 1.82) is 5.41 Å². The van der Waals surface area contributed by atoms with Crippen molar-refractivity contribution in [2.75, 3.05) is 0 Å². The van der Waals surface area contributed by atoms with Crippen LogP contribution in [0.15, 0.2) is 27.8 Å². The van der Waals surface area contributed by atoms with E-state index in [4.69, 9.17) is 5.41 Å². The lowest BCUT2D eigenvalue weighted by molar-refractivity contribution is -0.420. The first-order valence-electron chi connectivity index (χ1n) is 2.31. The van der Waals surface area contributed by atoms with Crippen molar-refractivity contribution in [2.45, 2.75) is 0 Å². The van der Waals surface area contributed by atoms with Crippen LogP contribution in [0.3, 0.4) is 0 Å². The molecule has 0 saturated carbocycles. The molecule has 0 saturated heterocycles. The highest BCUT2D eigenvalue weighted by molar-refractivity contribution is 5.60. The van der Waals surface area contributed by atoms with Gasteiger partial charge in [-0.25, -0.2) is 0 Å². The van der Waals surface area contributed by atoms with Crippen LogP contribution in [0.1, 0.15) is 0 Å². The number of nitrogens with one attached hydrogen (secondary N) is 1. The zero-order chi connectivity index (χ0) is 7.56. The summed E-state index contributed by atoms with van der Waals surface area (Å²) in [4.78, 5) is 9.39. The molecule has 0 radical (unpaired) electrons. The van der Waals surface area contributed by atoms with Crippen molar-refractivity contribution in [3.63, 3.8) is 0 Å². The summed E-state index contributed by atoms with van der Waals surface area (Å²) in [5.74, 6) is 1.79. The normalized spacial score (nSPS) is 14.8. The lowest BCUT2D eigenvalue weighted by Crippen LogP contribution is -1.97. The van der Waals surface area contributed by atoms with Gasteiger partial charge in [-0.05, 0) is 0 Å². The Morgan fingerprint density at radius 1 is 1.80 bits per heavy atom. The third-order valence-electron chi connectivity index (χ3n) is 0.895. The van der Waals surface area contributed by atoms with Gasteiger partial charge in [0.05, 0.1) is 4.92 Å². The molecule has 0 amide bonds. The van der Waals surface area contributed by atoms with Crippen molar-refractivity contribution in [3.05, 3.63) is 27.7 Å². The quantitative estimate of drug-likeness (QED) is 0.328. The summed E-state index contributed by atoms with van der Waals surface area (Å²) in [5, 5.41) is 23.1. The molecule has 1 aliphatic heterocycles. The predicted molar refractivity (Wildman–Crippen MR) is 31.2 cm³/mol. The molecule has 1 heterocycles. The van der Waals surface area contributed by atoms with Crippen molar-refractivity contribution in [1.82, 2.24) is 0 Å². The lowest BCUT2D eigenvalue weighted by atomic mass is 10.4. The molecule has 0 aromatic heterocycles. The predicted octanol–water partition coefficient (Wildman–Crippen LogP) is 0.703. The summed E-state index contributed by atoms with van der Waals surface area (Å²) in [6.45, 7) is 0. The molecule has 1 rings (SSSR count). The minimum atomic E-state index is -0.656. The highest BCUT2D eigenvalue weighted by Crippen LogP contribution is 2.15. The highest BCUT2D eigenvalue weighted by atomic mass is 16.6. The third kappa shape index (κ3) is 0.828. The molecule has 0 fully saturated rings. The van der Waals surface area contributed by atoms with E-state index in [1.807, 2.05) is 0 Å². The molecule has 50 valence electrons. The summed E-state index contributed by atoms with van der Waals surface area (Å²) in [5.41, 5.74) is -0.417. The fourth-order valence-electron chi connectivity index (χ4n) is 0.476. The van der Waals surface area contributed by atoms with Gasteiger partial charge in [-0.15, -0.1) is 5.11 Å². The van der Waals surface area contributed by atoms with E-state index in [0.717, 1.165) is 6.20 Å². The van der Waals surface area contributed by atoms with Crippen LogP contribution >= 0.6 is 0 Å². The second-order valence-corrected chi connectivity index (χ2v) is 1.46. The van der Waals surface area contributed by atoms with Crippen LogP contribution < -0.4 is 0 Å². The van der Waals surface area contributed by atoms with Gasteiger partial charge >= 0.3 is 5.70 Å². The Labute approximate surface area is 55.2 Å². The molecule has 6 nitrogen and oxygen atoms in total. The van der Waals surface area contributed by atoms with E-state index in [1.54, 1.807) is 5.87 Å². The molecule has 0 aromatic rings. The Hall–Kier alpha value is -1.81. The van der Waals surface area contributed by atoms with Crippen LogP contribution in [-0.2, 0) is 0 Å². The Bertz CT molecular complexity index is 284. The van der Waals surface area contributed by atoms with Gasteiger partial charge in [-0.2, -0.15) is 5.11 Å². The van der Waals surface area contributed by atoms with E-state index in [2.05, 4.69) is 10.2 Å². The molecule has 0 atom stereocenters. The average molecular weight is 138 g/mol. The van der Waals surface area contributed by atoms with Crippen LogP contribution in [-0.4, -0.2) is 10.8 Å². The van der Waals surface area contributed by atoms with E-state index in [1.165, 1.54) is 0 Å². The molecule has 0 bridgehead atoms. The van der Waals surface area contributed by atoms with Gasteiger partial charge < -0.3 is 0 Å². The lowest BCUT2D eigenvalue weighted by Gasteiger charge is -1.84. The van der Waals surface area contributed by atoms with Crippen LogP contribution in [0.2, 0.25) is 0 Å². The Balaban J connectivity index is 3.04. The maximum atomic E-state index is 10.0. The second kappa shape index (κ2) is 2.20. The minimum absolute atomic E-state index is 0.134. The van der Waals surface area contributed by atoms with Gasteiger partial charge in [0.15, 0.2) is 0 Å². The van der Waals surface area contributed by atoms with Crippen molar-refractivity contribution >= 4 is 5.87 Å². The van der Waals surface area contributed by atoms with Crippen molar-refractivity contribution in [3.8, 4) is 0 Å². The molecule has 0 aliphatic carbocycles. The third-order valence-corrected chi connectivity index (χ3v) is 0.895. The van der Waals surface area contributed by atoms with Crippen LogP contribution in [0, 0.1) is 15.5 Å². The van der Waals surface area contributed by atoms with Gasteiger partial charge in [0.2, 0.25) is 5.70 Å². The molecule has 0 unspecified atom stereocenters. The molecule has 6 heteroatoms. The fourth-order valence-corrected chi connectivity index (χ4v) is 0.476. The molecular weight excluding hydrogens is 136 g/mol. The van der Waals surface area contributed by atoms with Gasteiger partial charge in [-0.1, -0.05) is 0 Å². The van der Waals surface area contributed by atoms with Crippen molar-refractivity contribution < 1.29 is 4.92 Å². The fraction of sp³-hybridized carbons (Fsp3) is 0. The first-order valence-corrected chi connectivity index (χ1v) is 2.31. The van der Waals surface area contributed by atoms with Crippen LogP contribution in [0.5, 0.6) is 0 Å². The highest BCUT2D eigenvalue weighted by Gasteiger charge is 2.21. The SMILES string of the molecule is N=C=C1N=NC=C1[N+](=O)[O-]. The van der Waals surface area contributed by atoms with Crippen LogP contribution in [0.4, 0.5) is 0 Å². The Morgan fingerprint density at radius 2 is 2.50 bits per heavy atom. The van der Waals surface area contributed by atoms with Gasteiger partial charge in [0, 0.05) is 5.87 Å². The Kier molecular flexibility index (Phi) is 1.39. The van der Waals surface area contributed by atoms with E-state index in [0.29, 0.717) is 0 Å². The number of hydrogen-bond acceptors (Lipinski definition) is 5. The molecule has 0 aromatic carbocycles. The molecular formula is C4H2N4O2. The molecule has 1 aliphatic rings. The average Bonchev–Trinajstić information content (AvgIpc) is 2.33. The molecule has 0 spiro atoms. The maximum absolute atomic E-state index is 10.0. The Morgan fingerprint density at radius 3 is 2.90 bits per heavy atom. The van der Waals surface area contributed by atoms with E-state index < -0.39 is 4.92 Å². The van der Waals surface area contributed by atoms with E-state index in [-0.39, 0.29) is 11.4 Å². The van der Waals surface area contributed by atoms with Gasteiger partial charge in [-0.3, -0.25) is 15.5 Å². The summed E-state index contributed by atoms with van der Waals surface area (Å²) in [7, 11) is 0. The van der Waals surface area contributed by atoms with Gasteiger partial charge in [0.1, 0.15) is 6.20 Å². The van der Waals surface area contributed by atoms with E-state index >= 15 is 0 Å². The summed E-state index contributed by atoms with van der Waals surface area (Å²) in [6, 6.07) is 0. The molecule has 10 heavy (non-hydrogen) atoms. The number of hydrogen-bond donors (Lipinski definition) is 1. The van der Waals surface area contributed by atoms with E-state index in [9.17, 15) is 10.1 Å². The number of nitrogens with zero attached hydrogens (tertiary/aromatic N) is 3. The summed E-state index contributed by atoms with van der Waals surface area (Å²) in [6.07, 6.45) is 0.983. The zero-order valence-corrected chi connectivity index (χ0v) is 4.74. The largest absolute Gasteiger partial charge is 0.326 e. The van der Waals surface area contributed by atoms with Gasteiger partial charge in [0.25, 0.3) is 0 Å². The standard InChI is InChI=1S/C4H2N4O2/c5-1-3-4(8(9)10)2-6-7-3/h2,5H. The second-order valence-electron chi connectivity index (χ2n) is 1.46. The number of azo groups is 1. The summed E-state index contributed by atoms with van der Waals surface area (Å²) < 4.78 is 0. The smallest absolute Gasteiger partial charge is 0.258 e. The number of rotatable bonds is 1. The maximum Gasteiger partial charge on any atom is 0.326 e. The van der Waals surface area contributed by atoms with Crippen molar-refractivity contribution in [2.24, 2.45) is 10.2 Å². The first-order chi connectivity index (χ1) is 4.75. The monoisotopic (exact) mass is 138 g/mol.